The lowest BCUT2D eigenvalue weighted by atomic mass is 10.1. The van der Waals surface area contributed by atoms with Gasteiger partial charge in [-0.05, 0) is 31.0 Å². The molecule has 4 heteroatoms. The van der Waals surface area contributed by atoms with E-state index in [4.69, 9.17) is 0 Å². The zero-order valence-corrected chi connectivity index (χ0v) is 9.71. The monoisotopic (exact) mass is 233 g/mol. The lowest BCUT2D eigenvalue weighted by Gasteiger charge is -1.99. The Morgan fingerprint density at radius 2 is 2.19 bits per heavy atom. The van der Waals surface area contributed by atoms with Crippen molar-refractivity contribution in [2.75, 3.05) is 0 Å². The van der Waals surface area contributed by atoms with Crippen LogP contribution in [0.2, 0.25) is 0 Å². The molecule has 1 aliphatic carbocycles. The summed E-state index contributed by atoms with van der Waals surface area (Å²) in [5.41, 5.74) is 1.65. The van der Waals surface area contributed by atoms with Gasteiger partial charge < -0.3 is 4.57 Å². The summed E-state index contributed by atoms with van der Waals surface area (Å²) >= 11 is 1.20. The van der Waals surface area contributed by atoms with Crippen LogP contribution in [0.4, 0.5) is 0 Å². The minimum atomic E-state index is 0.0195. The molecule has 0 aliphatic heterocycles. The van der Waals surface area contributed by atoms with Gasteiger partial charge in [0.15, 0.2) is 5.78 Å². The van der Waals surface area contributed by atoms with E-state index >= 15 is 0 Å². The van der Waals surface area contributed by atoms with Gasteiger partial charge in [0, 0.05) is 18.5 Å². The molecule has 2 aromatic rings. The van der Waals surface area contributed by atoms with Gasteiger partial charge in [0.2, 0.25) is 0 Å². The highest BCUT2D eigenvalue weighted by Crippen LogP contribution is 2.33. The highest BCUT2D eigenvalue weighted by Gasteiger charge is 2.30. The van der Waals surface area contributed by atoms with E-state index in [-0.39, 0.29) is 16.6 Å². The number of hydrogen-bond acceptors (Lipinski definition) is 3. The molecule has 0 spiro atoms. The van der Waals surface area contributed by atoms with Crippen molar-refractivity contribution in [1.82, 2.24) is 4.57 Å². The molecule has 0 bridgehead atoms. The molecule has 1 aromatic carbocycles. The third-order valence-electron chi connectivity index (χ3n) is 3.02. The molecular formula is C12H11NO2S. The number of Topliss-reactive ketones (excluding diaryl/α,β-unsaturated/α-hetero) is 1. The summed E-state index contributed by atoms with van der Waals surface area (Å²) in [6, 6.07) is 5.54. The average Bonchev–Trinajstić information content (AvgIpc) is 3.07. The molecule has 16 heavy (non-hydrogen) atoms. The van der Waals surface area contributed by atoms with Gasteiger partial charge in [-0.3, -0.25) is 9.59 Å². The molecule has 1 heterocycles. The SMILES string of the molecule is Cn1c(=O)sc2cc(C(=O)C3CC3)ccc21. The fraction of sp³-hybridized carbons (Fsp3) is 0.333. The number of carbonyl (C=O) groups excluding carboxylic acids is 1. The van der Waals surface area contributed by atoms with Crippen molar-refractivity contribution in [3.63, 3.8) is 0 Å². The van der Waals surface area contributed by atoms with Crippen molar-refractivity contribution < 1.29 is 4.79 Å². The van der Waals surface area contributed by atoms with E-state index in [1.807, 2.05) is 18.2 Å². The van der Waals surface area contributed by atoms with Crippen molar-refractivity contribution in [2.45, 2.75) is 12.8 Å². The van der Waals surface area contributed by atoms with E-state index in [0.717, 1.165) is 28.6 Å². The first-order valence-corrected chi connectivity index (χ1v) is 6.12. The molecule has 0 N–H and O–H groups in total. The third-order valence-corrected chi connectivity index (χ3v) is 4.02. The number of benzene rings is 1. The summed E-state index contributed by atoms with van der Waals surface area (Å²) in [6.45, 7) is 0. The quantitative estimate of drug-likeness (QED) is 0.746. The number of aromatic nitrogens is 1. The maximum Gasteiger partial charge on any atom is 0.307 e. The predicted molar refractivity (Wildman–Crippen MR) is 64.1 cm³/mol. The first-order valence-electron chi connectivity index (χ1n) is 5.30. The van der Waals surface area contributed by atoms with Crippen molar-refractivity contribution >= 4 is 27.3 Å². The van der Waals surface area contributed by atoms with E-state index in [1.165, 1.54) is 11.3 Å². The Kier molecular flexibility index (Phi) is 2.01. The number of hydrogen-bond donors (Lipinski definition) is 0. The summed E-state index contributed by atoms with van der Waals surface area (Å²) in [7, 11) is 1.75. The topological polar surface area (TPSA) is 39.1 Å². The summed E-state index contributed by atoms with van der Waals surface area (Å²) in [4.78, 5) is 23.3. The van der Waals surface area contributed by atoms with Gasteiger partial charge in [0.25, 0.3) is 0 Å². The van der Waals surface area contributed by atoms with Gasteiger partial charge in [-0.25, -0.2) is 0 Å². The Balaban J connectivity index is 2.15. The smallest absolute Gasteiger partial charge is 0.302 e. The lowest BCUT2D eigenvalue weighted by Crippen LogP contribution is -2.06. The average molecular weight is 233 g/mol. The number of ketones is 1. The highest BCUT2D eigenvalue weighted by molar-refractivity contribution is 7.16. The Bertz CT molecular complexity index is 634. The molecule has 3 nitrogen and oxygen atoms in total. The Morgan fingerprint density at radius 3 is 2.88 bits per heavy atom. The fourth-order valence-electron chi connectivity index (χ4n) is 1.87. The molecule has 0 saturated heterocycles. The highest BCUT2D eigenvalue weighted by atomic mass is 32.1. The van der Waals surface area contributed by atoms with E-state index in [0.29, 0.717) is 0 Å². The van der Waals surface area contributed by atoms with Crippen LogP contribution in [-0.2, 0) is 7.05 Å². The molecule has 0 radical (unpaired) electrons. The lowest BCUT2D eigenvalue weighted by molar-refractivity contribution is 0.0968. The summed E-state index contributed by atoms with van der Waals surface area (Å²) in [5, 5.41) is 0. The Hall–Kier alpha value is -1.42. The van der Waals surface area contributed by atoms with E-state index in [9.17, 15) is 9.59 Å². The molecule has 3 rings (SSSR count). The molecule has 0 unspecified atom stereocenters. The van der Waals surface area contributed by atoms with Crippen molar-refractivity contribution in [2.24, 2.45) is 13.0 Å². The van der Waals surface area contributed by atoms with Gasteiger partial charge in [-0.15, -0.1) is 0 Å². The van der Waals surface area contributed by atoms with Crippen LogP contribution in [0.1, 0.15) is 23.2 Å². The van der Waals surface area contributed by atoms with Crippen molar-refractivity contribution in [3.8, 4) is 0 Å². The van der Waals surface area contributed by atoms with E-state index in [1.54, 1.807) is 11.6 Å². The fourth-order valence-corrected chi connectivity index (χ4v) is 2.79. The molecule has 0 amide bonds. The maximum absolute atomic E-state index is 11.9. The molecule has 1 fully saturated rings. The van der Waals surface area contributed by atoms with Crippen LogP contribution in [0.25, 0.3) is 10.2 Å². The largest absolute Gasteiger partial charge is 0.307 e. The van der Waals surface area contributed by atoms with E-state index in [2.05, 4.69) is 0 Å². The zero-order chi connectivity index (χ0) is 11.3. The third kappa shape index (κ3) is 1.41. The van der Waals surface area contributed by atoms with Crippen molar-refractivity contribution in [3.05, 3.63) is 33.4 Å². The molecule has 82 valence electrons. The number of nitrogens with zero attached hydrogens (tertiary/aromatic N) is 1. The molecule has 0 atom stereocenters. The van der Waals surface area contributed by atoms with Crippen LogP contribution in [0, 0.1) is 5.92 Å². The number of carbonyl (C=O) groups is 1. The Labute approximate surface area is 96.3 Å². The van der Waals surface area contributed by atoms with Gasteiger partial charge >= 0.3 is 4.87 Å². The van der Waals surface area contributed by atoms with Crippen LogP contribution >= 0.6 is 11.3 Å². The first-order chi connectivity index (χ1) is 7.66. The molecular weight excluding hydrogens is 222 g/mol. The Morgan fingerprint density at radius 1 is 1.44 bits per heavy atom. The second kappa shape index (κ2) is 3.28. The minimum Gasteiger partial charge on any atom is -0.302 e. The molecule has 1 aromatic heterocycles. The van der Waals surface area contributed by atoms with Gasteiger partial charge in [0.05, 0.1) is 10.2 Å². The molecule has 1 saturated carbocycles. The van der Waals surface area contributed by atoms with Crippen molar-refractivity contribution in [1.29, 1.82) is 0 Å². The van der Waals surface area contributed by atoms with E-state index < -0.39 is 0 Å². The second-order valence-corrected chi connectivity index (χ2v) is 5.24. The normalized spacial score (nSPS) is 15.6. The number of rotatable bonds is 2. The van der Waals surface area contributed by atoms with Gasteiger partial charge in [-0.1, -0.05) is 11.3 Å². The first kappa shape index (κ1) is 9.78. The minimum absolute atomic E-state index is 0.0195. The summed E-state index contributed by atoms with van der Waals surface area (Å²) < 4.78 is 2.52. The van der Waals surface area contributed by atoms with Crippen LogP contribution in [0.5, 0.6) is 0 Å². The van der Waals surface area contributed by atoms with Crippen LogP contribution in [0.15, 0.2) is 23.0 Å². The summed E-state index contributed by atoms with van der Waals surface area (Å²) in [5.74, 6) is 0.461. The van der Waals surface area contributed by atoms with Gasteiger partial charge in [0.1, 0.15) is 0 Å². The molecule has 1 aliphatic rings. The van der Waals surface area contributed by atoms with Crippen LogP contribution in [-0.4, -0.2) is 10.4 Å². The maximum atomic E-state index is 11.9. The number of fused-ring (bicyclic) bond motifs is 1. The summed E-state index contributed by atoms with van der Waals surface area (Å²) in [6.07, 6.45) is 2.03. The van der Waals surface area contributed by atoms with Gasteiger partial charge in [-0.2, -0.15) is 0 Å². The predicted octanol–water partition coefficient (Wildman–Crippen LogP) is 2.19. The number of aryl methyl sites for hydroxylation is 1. The standard InChI is InChI=1S/C12H11NO2S/c1-13-9-5-4-8(11(14)7-2-3-7)6-10(9)16-12(13)15/h4-7H,2-3H2,1H3. The second-order valence-electron chi connectivity index (χ2n) is 4.25. The van der Waals surface area contributed by atoms with Crippen LogP contribution < -0.4 is 4.87 Å². The van der Waals surface area contributed by atoms with Crippen LogP contribution in [0.3, 0.4) is 0 Å². The zero-order valence-electron chi connectivity index (χ0n) is 8.90. The number of thiazole rings is 1.